The van der Waals surface area contributed by atoms with E-state index in [0.29, 0.717) is 6.61 Å². The minimum atomic E-state index is 0.408. The topological polar surface area (TPSA) is 39.7 Å². The van der Waals surface area contributed by atoms with Crippen LogP contribution >= 0.6 is 15.9 Å². The van der Waals surface area contributed by atoms with E-state index in [-0.39, 0.29) is 0 Å². The highest BCUT2D eigenvalue weighted by atomic mass is 79.9. The standard InChI is InChI=1S/C16H18BrNO3/c1-18-12-4-6-13(7-5-12)21-10-11-8-16(20-3)14(17)9-15(11)19-2/h4-9,18H,10H2,1-3H3. The van der Waals surface area contributed by atoms with Crippen LogP contribution in [0.15, 0.2) is 40.9 Å². The lowest BCUT2D eigenvalue weighted by atomic mass is 10.2. The van der Waals surface area contributed by atoms with Crippen LogP contribution in [0, 0.1) is 0 Å². The van der Waals surface area contributed by atoms with Crippen LogP contribution < -0.4 is 19.5 Å². The molecule has 0 amide bonds. The van der Waals surface area contributed by atoms with Crippen molar-refractivity contribution in [2.45, 2.75) is 6.61 Å². The Morgan fingerprint density at radius 1 is 1.00 bits per heavy atom. The number of methoxy groups -OCH3 is 2. The van der Waals surface area contributed by atoms with Crippen molar-refractivity contribution in [3.63, 3.8) is 0 Å². The van der Waals surface area contributed by atoms with E-state index in [1.54, 1.807) is 14.2 Å². The largest absolute Gasteiger partial charge is 0.496 e. The van der Waals surface area contributed by atoms with Crippen LogP contribution in [0.4, 0.5) is 5.69 Å². The summed E-state index contributed by atoms with van der Waals surface area (Å²) in [6.07, 6.45) is 0. The van der Waals surface area contributed by atoms with Crippen LogP contribution in [0.25, 0.3) is 0 Å². The minimum absolute atomic E-state index is 0.408. The molecule has 0 heterocycles. The van der Waals surface area contributed by atoms with Gasteiger partial charge in [0.1, 0.15) is 23.9 Å². The zero-order valence-electron chi connectivity index (χ0n) is 12.3. The van der Waals surface area contributed by atoms with Gasteiger partial charge in [-0.05, 0) is 52.3 Å². The van der Waals surface area contributed by atoms with Crippen molar-refractivity contribution in [3.8, 4) is 17.2 Å². The second-order valence-corrected chi connectivity index (χ2v) is 5.22. The highest BCUT2D eigenvalue weighted by molar-refractivity contribution is 9.10. The lowest BCUT2D eigenvalue weighted by Gasteiger charge is -2.13. The van der Waals surface area contributed by atoms with Crippen LogP contribution in [-0.4, -0.2) is 21.3 Å². The molecule has 112 valence electrons. The molecule has 0 aromatic heterocycles. The molecule has 0 fully saturated rings. The summed E-state index contributed by atoms with van der Waals surface area (Å²) in [4.78, 5) is 0. The molecule has 0 saturated carbocycles. The molecule has 0 radical (unpaired) electrons. The maximum Gasteiger partial charge on any atom is 0.133 e. The molecule has 0 unspecified atom stereocenters. The van der Waals surface area contributed by atoms with Gasteiger partial charge >= 0.3 is 0 Å². The number of ether oxygens (including phenoxy) is 3. The predicted octanol–water partition coefficient (Wildman–Crippen LogP) is 4.09. The van der Waals surface area contributed by atoms with Gasteiger partial charge in [-0.3, -0.25) is 0 Å². The van der Waals surface area contributed by atoms with E-state index >= 15 is 0 Å². The smallest absolute Gasteiger partial charge is 0.133 e. The fraction of sp³-hybridized carbons (Fsp3) is 0.250. The number of nitrogens with one attached hydrogen (secondary N) is 1. The van der Waals surface area contributed by atoms with Crippen molar-refractivity contribution in [1.29, 1.82) is 0 Å². The summed E-state index contributed by atoms with van der Waals surface area (Å²) in [5, 5.41) is 3.07. The zero-order valence-corrected chi connectivity index (χ0v) is 13.9. The third-order valence-electron chi connectivity index (χ3n) is 3.09. The first-order valence-corrected chi connectivity index (χ1v) is 7.28. The Hall–Kier alpha value is -1.88. The van der Waals surface area contributed by atoms with Crippen molar-refractivity contribution in [2.75, 3.05) is 26.6 Å². The van der Waals surface area contributed by atoms with Gasteiger partial charge < -0.3 is 19.5 Å². The van der Waals surface area contributed by atoms with Crippen LogP contribution in [-0.2, 0) is 6.61 Å². The average molecular weight is 352 g/mol. The van der Waals surface area contributed by atoms with Crippen molar-refractivity contribution in [3.05, 3.63) is 46.4 Å². The van der Waals surface area contributed by atoms with Gasteiger partial charge in [-0.1, -0.05) is 0 Å². The summed E-state index contributed by atoms with van der Waals surface area (Å²) >= 11 is 3.44. The Labute approximate surface area is 133 Å². The average Bonchev–Trinajstić information content (AvgIpc) is 2.53. The minimum Gasteiger partial charge on any atom is -0.496 e. The normalized spacial score (nSPS) is 10.1. The maximum atomic E-state index is 5.79. The first kappa shape index (κ1) is 15.5. The fourth-order valence-corrected chi connectivity index (χ4v) is 2.40. The van der Waals surface area contributed by atoms with E-state index in [1.807, 2.05) is 43.4 Å². The Kier molecular flexibility index (Phi) is 5.33. The number of hydrogen-bond donors (Lipinski definition) is 1. The van der Waals surface area contributed by atoms with Gasteiger partial charge in [0.25, 0.3) is 0 Å². The zero-order chi connectivity index (χ0) is 15.2. The van der Waals surface area contributed by atoms with Gasteiger partial charge in [-0.15, -0.1) is 0 Å². The van der Waals surface area contributed by atoms with E-state index in [4.69, 9.17) is 14.2 Å². The second kappa shape index (κ2) is 7.22. The molecule has 5 heteroatoms. The number of benzene rings is 2. The molecule has 2 rings (SSSR count). The Bertz CT molecular complexity index is 599. The lowest BCUT2D eigenvalue weighted by Crippen LogP contribution is -2.00. The highest BCUT2D eigenvalue weighted by Crippen LogP contribution is 2.33. The molecule has 0 aliphatic heterocycles. The van der Waals surface area contributed by atoms with Gasteiger partial charge in [0, 0.05) is 18.3 Å². The van der Waals surface area contributed by atoms with Crippen molar-refractivity contribution in [2.24, 2.45) is 0 Å². The molecule has 21 heavy (non-hydrogen) atoms. The van der Waals surface area contributed by atoms with Crippen molar-refractivity contribution >= 4 is 21.6 Å². The molecule has 0 saturated heterocycles. The van der Waals surface area contributed by atoms with E-state index < -0.39 is 0 Å². The van der Waals surface area contributed by atoms with E-state index in [0.717, 1.165) is 33.0 Å². The summed E-state index contributed by atoms with van der Waals surface area (Å²) in [6, 6.07) is 11.6. The molecule has 1 N–H and O–H groups in total. The number of anilines is 1. The molecule has 0 bridgehead atoms. The van der Waals surface area contributed by atoms with E-state index in [2.05, 4.69) is 21.2 Å². The first-order chi connectivity index (χ1) is 10.2. The molecule has 0 aliphatic rings. The van der Waals surface area contributed by atoms with Crippen LogP contribution in [0.2, 0.25) is 0 Å². The fourth-order valence-electron chi connectivity index (χ4n) is 1.92. The van der Waals surface area contributed by atoms with Gasteiger partial charge in [0.05, 0.1) is 18.7 Å². The molecule has 2 aromatic rings. The van der Waals surface area contributed by atoms with Crippen molar-refractivity contribution < 1.29 is 14.2 Å². The van der Waals surface area contributed by atoms with Gasteiger partial charge in [-0.25, -0.2) is 0 Å². The molecule has 0 aliphatic carbocycles. The quantitative estimate of drug-likeness (QED) is 0.850. The molecular weight excluding hydrogens is 334 g/mol. The summed E-state index contributed by atoms with van der Waals surface area (Å²) in [5.41, 5.74) is 1.97. The summed E-state index contributed by atoms with van der Waals surface area (Å²) < 4.78 is 17.3. The molecule has 4 nitrogen and oxygen atoms in total. The van der Waals surface area contributed by atoms with Crippen LogP contribution in [0.1, 0.15) is 5.56 Å². The van der Waals surface area contributed by atoms with Crippen LogP contribution in [0.3, 0.4) is 0 Å². The van der Waals surface area contributed by atoms with Crippen LogP contribution in [0.5, 0.6) is 17.2 Å². The lowest BCUT2D eigenvalue weighted by molar-refractivity contribution is 0.295. The van der Waals surface area contributed by atoms with Crippen molar-refractivity contribution in [1.82, 2.24) is 0 Å². The van der Waals surface area contributed by atoms with Gasteiger partial charge in [-0.2, -0.15) is 0 Å². The third-order valence-corrected chi connectivity index (χ3v) is 3.71. The maximum absolute atomic E-state index is 5.79. The second-order valence-electron chi connectivity index (χ2n) is 4.36. The Balaban J connectivity index is 2.14. The number of rotatable bonds is 6. The third kappa shape index (κ3) is 3.82. The molecular formula is C16H18BrNO3. The predicted molar refractivity (Wildman–Crippen MR) is 87.6 cm³/mol. The molecule has 0 spiro atoms. The number of halogens is 1. The van der Waals surface area contributed by atoms with Gasteiger partial charge in [0.2, 0.25) is 0 Å². The van der Waals surface area contributed by atoms with E-state index in [1.165, 1.54) is 0 Å². The molecule has 0 atom stereocenters. The van der Waals surface area contributed by atoms with Gasteiger partial charge in [0.15, 0.2) is 0 Å². The monoisotopic (exact) mass is 351 g/mol. The SMILES string of the molecule is CNc1ccc(OCc2cc(OC)c(Br)cc2OC)cc1. The summed E-state index contributed by atoms with van der Waals surface area (Å²) in [6.45, 7) is 0.408. The molecule has 2 aromatic carbocycles. The summed E-state index contributed by atoms with van der Waals surface area (Å²) in [5.74, 6) is 2.31. The summed E-state index contributed by atoms with van der Waals surface area (Å²) in [7, 11) is 5.15. The van der Waals surface area contributed by atoms with E-state index in [9.17, 15) is 0 Å². The first-order valence-electron chi connectivity index (χ1n) is 6.49. The Morgan fingerprint density at radius 2 is 1.67 bits per heavy atom. The Morgan fingerprint density at radius 3 is 2.24 bits per heavy atom. The number of hydrogen-bond acceptors (Lipinski definition) is 4. The highest BCUT2D eigenvalue weighted by Gasteiger charge is 2.10.